The molecule has 0 N–H and O–H groups in total. The van der Waals surface area contributed by atoms with Gasteiger partial charge in [0.15, 0.2) is 5.75 Å². The monoisotopic (exact) mass is 407 g/mol. The lowest BCUT2D eigenvalue weighted by atomic mass is 9.77. The molecule has 148 valence electrons. The fourth-order valence-electron chi connectivity index (χ4n) is 3.12. The van der Waals surface area contributed by atoms with Crippen molar-refractivity contribution in [3.05, 3.63) is 81.9 Å². The van der Waals surface area contributed by atoms with Gasteiger partial charge in [-0.15, -0.1) is 0 Å². The first kappa shape index (κ1) is 20.6. The maximum atomic E-state index is 9.43. The third-order valence-electron chi connectivity index (χ3n) is 4.89. The Hall–Kier alpha value is -3.10. The van der Waals surface area contributed by atoms with Gasteiger partial charge in [0.25, 0.3) is 0 Å². The van der Waals surface area contributed by atoms with Crippen LogP contribution in [-0.2, 0) is 12.0 Å². The van der Waals surface area contributed by atoms with Gasteiger partial charge in [-0.1, -0.05) is 37.6 Å². The summed E-state index contributed by atoms with van der Waals surface area (Å²) in [4.78, 5) is 8.43. The maximum absolute atomic E-state index is 9.43. The molecule has 0 atom stereocenters. The van der Waals surface area contributed by atoms with E-state index >= 15 is 0 Å². The number of hydrogen-bond acceptors (Lipinski definition) is 5. The van der Waals surface area contributed by atoms with Crippen LogP contribution in [0.15, 0.2) is 48.7 Å². The summed E-state index contributed by atoms with van der Waals surface area (Å²) >= 11 is 6.34. The van der Waals surface area contributed by atoms with E-state index < -0.39 is 0 Å². The third kappa shape index (κ3) is 4.49. The standard InChI is InChI=1S/C23H22ClN3O2/c1-15-26-10-9-19(27-15)14-29-20-7-5-17(6-8-20)23(2,3)18-11-16(13-25)22(28-4)21(24)12-18/h5-12H,14H2,1-4H3. The minimum absolute atomic E-state index is 0.357. The van der Waals surface area contributed by atoms with Crippen LogP contribution in [0.5, 0.6) is 11.5 Å². The van der Waals surface area contributed by atoms with Crippen LogP contribution in [0.4, 0.5) is 0 Å². The molecule has 0 spiro atoms. The van der Waals surface area contributed by atoms with Crippen molar-refractivity contribution in [3.63, 3.8) is 0 Å². The van der Waals surface area contributed by atoms with Crippen molar-refractivity contribution in [3.8, 4) is 17.6 Å². The predicted molar refractivity (Wildman–Crippen MR) is 112 cm³/mol. The van der Waals surface area contributed by atoms with Crippen molar-refractivity contribution in [2.75, 3.05) is 7.11 Å². The second-order valence-corrected chi connectivity index (χ2v) is 7.59. The van der Waals surface area contributed by atoms with Gasteiger partial charge in [-0.2, -0.15) is 5.26 Å². The molecule has 0 unspecified atom stereocenters. The van der Waals surface area contributed by atoms with Crippen molar-refractivity contribution < 1.29 is 9.47 Å². The molecule has 0 aliphatic carbocycles. The number of benzene rings is 2. The van der Waals surface area contributed by atoms with E-state index in [1.54, 1.807) is 6.20 Å². The van der Waals surface area contributed by atoms with E-state index in [0.29, 0.717) is 22.9 Å². The van der Waals surface area contributed by atoms with Gasteiger partial charge in [-0.3, -0.25) is 0 Å². The Balaban J connectivity index is 1.81. The normalized spacial score (nSPS) is 11.0. The van der Waals surface area contributed by atoms with Crippen LogP contribution in [0, 0.1) is 18.3 Å². The fraction of sp³-hybridized carbons (Fsp3) is 0.261. The molecule has 0 fully saturated rings. The fourth-order valence-corrected chi connectivity index (χ4v) is 3.42. The van der Waals surface area contributed by atoms with Gasteiger partial charge in [-0.05, 0) is 48.4 Å². The molecule has 1 aromatic heterocycles. The van der Waals surface area contributed by atoms with Crippen LogP contribution in [0.1, 0.15) is 42.1 Å². The Morgan fingerprint density at radius 2 is 1.83 bits per heavy atom. The van der Waals surface area contributed by atoms with Gasteiger partial charge < -0.3 is 9.47 Å². The Bertz CT molecular complexity index is 1060. The van der Waals surface area contributed by atoms with Gasteiger partial charge in [0.05, 0.1) is 23.4 Å². The number of aromatic nitrogens is 2. The van der Waals surface area contributed by atoms with E-state index in [0.717, 1.165) is 28.4 Å². The zero-order valence-corrected chi connectivity index (χ0v) is 17.6. The summed E-state index contributed by atoms with van der Waals surface area (Å²) in [5, 5.41) is 9.85. The summed E-state index contributed by atoms with van der Waals surface area (Å²) < 4.78 is 11.1. The van der Waals surface area contributed by atoms with E-state index in [4.69, 9.17) is 21.1 Å². The number of hydrogen-bond donors (Lipinski definition) is 0. The van der Waals surface area contributed by atoms with E-state index in [1.165, 1.54) is 7.11 Å². The van der Waals surface area contributed by atoms with Crippen LogP contribution in [0.2, 0.25) is 5.02 Å². The number of halogens is 1. The molecular weight excluding hydrogens is 386 g/mol. The van der Waals surface area contributed by atoms with Crippen molar-refractivity contribution in [2.45, 2.75) is 32.8 Å². The van der Waals surface area contributed by atoms with Crippen molar-refractivity contribution in [1.29, 1.82) is 5.26 Å². The van der Waals surface area contributed by atoms with E-state index in [9.17, 15) is 5.26 Å². The van der Waals surface area contributed by atoms with Gasteiger partial charge in [-0.25, -0.2) is 9.97 Å². The first-order chi connectivity index (χ1) is 13.8. The number of nitrogens with zero attached hydrogens (tertiary/aromatic N) is 3. The first-order valence-corrected chi connectivity index (χ1v) is 9.53. The van der Waals surface area contributed by atoms with Crippen LogP contribution in [-0.4, -0.2) is 17.1 Å². The molecule has 0 bridgehead atoms. The molecule has 0 amide bonds. The quantitative estimate of drug-likeness (QED) is 0.560. The largest absolute Gasteiger partial charge is 0.494 e. The number of nitriles is 1. The van der Waals surface area contributed by atoms with E-state index in [-0.39, 0.29) is 5.41 Å². The van der Waals surface area contributed by atoms with Crippen LogP contribution >= 0.6 is 11.6 Å². The zero-order valence-electron chi connectivity index (χ0n) is 16.9. The Morgan fingerprint density at radius 3 is 2.45 bits per heavy atom. The molecule has 6 heteroatoms. The predicted octanol–water partition coefficient (Wildman–Crippen LogP) is 5.22. The molecular formula is C23H22ClN3O2. The Kier molecular flexibility index (Phi) is 6.05. The van der Waals surface area contributed by atoms with Crippen molar-refractivity contribution >= 4 is 11.6 Å². The molecule has 0 saturated carbocycles. The lowest BCUT2D eigenvalue weighted by Crippen LogP contribution is -2.19. The summed E-state index contributed by atoms with van der Waals surface area (Å²) in [6.45, 7) is 6.41. The van der Waals surface area contributed by atoms with Crippen molar-refractivity contribution in [1.82, 2.24) is 9.97 Å². The van der Waals surface area contributed by atoms with Gasteiger partial charge in [0.2, 0.25) is 0 Å². The molecule has 3 aromatic rings. The highest BCUT2D eigenvalue weighted by Gasteiger charge is 2.25. The number of methoxy groups -OCH3 is 1. The third-order valence-corrected chi connectivity index (χ3v) is 5.17. The van der Waals surface area contributed by atoms with Gasteiger partial charge in [0.1, 0.15) is 24.3 Å². The van der Waals surface area contributed by atoms with Crippen LogP contribution in [0.3, 0.4) is 0 Å². The Morgan fingerprint density at radius 1 is 1.10 bits per heavy atom. The van der Waals surface area contributed by atoms with Crippen molar-refractivity contribution in [2.24, 2.45) is 0 Å². The van der Waals surface area contributed by atoms with E-state index in [1.807, 2.05) is 49.4 Å². The molecule has 0 aliphatic rings. The summed E-state index contributed by atoms with van der Waals surface area (Å²) in [7, 11) is 1.51. The lowest BCUT2D eigenvalue weighted by Gasteiger charge is -2.27. The van der Waals surface area contributed by atoms with Crippen LogP contribution in [0.25, 0.3) is 0 Å². The minimum atomic E-state index is -0.357. The summed E-state index contributed by atoms with van der Waals surface area (Å²) in [6.07, 6.45) is 1.72. The lowest BCUT2D eigenvalue weighted by molar-refractivity contribution is 0.300. The number of aryl methyl sites for hydroxylation is 1. The van der Waals surface area contributed by atoms with Gasteiger partial charge >= 0.3 is 0 Å². The molecule has 2 aromatic carbocycles. The SMILES string of the molecule is COc1c(Cl)cc(C(C)(C)c2ccc(OCc3ccnc(C)n3)cc2)cc1C#N. The summed E-state index contributed by atoms with van der Waals surface area (Å²) in [6, 6.07) is 15.6. The zero-order chi connectivity index (χ0) is 21.0. The molecule has 0 saturated heterocycles. The van der Waals surface area contributed by atoms with Crippen LogP contribution < -0.4 is 9.47 Å². The molecule has 0 aliphatic heterocycles. The Labute approximate surface area is 175 Å². The van der Waals surface area contributed by atoms with E-state index in [2.05, 4.69) is 29.9 Å². The average molecular weight is 408 g/mol. The summed E-state index contributed by atoms with van der Waals surface area (Å²) in [5.41, 5.74) is 2.91. The average Bonchev–Trinajstić information content (AvgIpc) is 2.72. The molecule has 29 heavy (non-hydrogen) atoms. The topological polar surface area (TPSA) is 68.0 Å². The highest BCUT2D eigenvalue weighted by molar-refractivity contribution is 6.32. The van der Waals surface area contributed by atoms with Gasteiger partial charge in [0, 0.05) is 11.6 Å². The first-order valence-electron chi connectivity index (χ1n) is 9.15. The molecule has 1 heterocycles. The minimum Gasteiger partial charge on any atom is -0.494 e. The molecule has 5 nitrogen and oxygen atoms in total. The highest BCUT2D eigenvalue weighted by Crippen LogP contribution is 2.38. The molecule has 3 rings (SSSR count). The summed E-state index contributed by atoms with van der Waals surface area (Å²) in [5.74, 6) is 1.88. The second-order valence-electron chi connectivity index (χ2n) is 7.18. The number of rotatable bonds is 6. The molecule has 0 radical (unpaired) electrons. The number of ether oxygens (including phenoxy) is 2. The second kappa shape index (κ2) is 8.50. The smallest absolute Gasteiger partial charge is 0.155 e. The maximum Gasteiger partial charge on any atom is 0.155 e. The highest BCUT2D eigenvalue weighted by atomic mass is 35.5.